The van der Waals surface area contributed by atoms with E-state index in [1.807, 2.05) is 0 Å². The third-order valence-electron chi connectivity index (χ3n) is 4.91. The maximum atomic E-state index is 13.6. The largest absolute Gasteiger partial charge is 0.394 e. The fraction of sp³-hybridized carbons (Fsp3) is 0.500. The Labute approximate surface area is 170 Å². The van der Waals surface area contributed by atoms with E-state index in [0.29, 0.717) is 12.2 Å². The summed E-state index contributed by atoms with van der Waals surface area (Å²) >= 11 is 0. The number of nitrogens with one attached hydrogen (secondary N) is 2. The van der Waals surface area contributed by atoms with Crippen molar-refractivity contribution in [2.75, 3.05) is 6.61 Å². The van der Waals surface area contributed by atoms with E-state index >= 15 is 0 Å². The number of aliphatic hydroxyl groups is 1. The number of halogens is 5. The second kappa shape index (κ2) is 11.1. The lowest BCUT2D eigenvalue weighted by Crippen LogP contribution is -2.51. The number of amides is 2. The third kappa shape index (κ3) is 6.01. The minimum atomic E-state index is -2.31. The third-order valence-corrected chi connectivity index (χ3v) is 4.91. The molecule has 2 rings (SSSR count). The zero-order valence-electron chi connectivity index (χ0n) is 16.1. The van der Waals surface area contributed by atoms with Crippen LogP contribution in [0.15, 0.2) is 6.08 Å². The van der Waals surface area contributed by atoms with Crippen molar-refractivity contribution in [1.29, 1.82) is 0 Å². The number of benzene rings is 1. The summed E-state index contributed by atoms with van der Waals surface area (Å²) in [7, 11) is 0. The first kappa shape index (κ1) is 23.8. The molecule has 1 aliphatic rings. The molecule has 0 bridgehead atoms. The van der Waals surface area contributed by atoms with E-state index in [9.17, 15) is 36.6 Å². The monoisotopic (exact) mass is 434 g/mol. The van der Waals surface area contributed by atoms with Gasteiger partial charge in [-0.15, -0.1) is 0 Å². The van der Waals surface area contributed by atoms with Gasteiger partial charge in [0.15, 0.2) is 23.3 Å². The fourth-order valence-electron chi connectivity index (χ4n) is 3.24. The Hall–Kier alpha value is -2.49. The van der Waals surface area contributed by atoms with Crippen molar-refractivity contribution in [3.05, 3.63) is 40.7 Å². The Kier molecular flexibility index (Phi) is 8.76. The number of carbonyl (C=O) groups is 2. The highest BCUT2D eigenvalue weighted by Gasteiger charge is 2.25. The van der Waals surface area contributed by atoms with Gasteiger partial charge >= 0.3 is 0 Å². The van der Waals surface area contributed by atoms with Crippen LogP contribution in [0.25, 0.3) is 6.08 Å². The van der Waals surface area contributed by atoms with E-state index in [2.05, 4.69) is 10.6 Å². The van der Waals surface area contributed by atoms with Gasteiger partial charge in [-0.25, -0.2) is 22.0 Å². The Morgan fingerprint density at radius 2 is 1.40 bits per heavy atom. The molecule has 1 aromatic carbocycles. The van der Waals surface area contributed by atoms with Crippen LogP contribution >= 0.6 is 0 Å². The van der Waals surface area contributed by atoms with Gasteiger partial charge in [-0.1, -0.05) is 32.1 Å². The Morgan fingerprint density at radius 1 is 0.900 bits per heavy atom. The van der Waals surface area contributed by atoms with Crippen molar-refractivity contribution in [2.24, 2.45) is 0 Å². The van der Waals surface area contributed by atoms with Crippen LogP contribution in [0.3, 0.4) is 0 Å². The molecule has 2 amide bonds. The molecule has 30 heavy (non-hydrogen) atoms. The molecule has 3 N–H and O–H groups in total. The second-order valence-electron chi connectivity index (χ2n) is 7.11. The highest BCUT2D eigenvalue weighted by atomic mass is 19.2. The van der Waals surface area contributed by atoms with Crippen LogP contribution < -0.4 is 10.6 Å². The molecule has 1 aliphatic carbocycles. The molecular formula is C20H23F5N2O3. The van der Waals surface area contributed by atoms with Crippen molar-refractivity contribution in [2.45, 2.75) is 57.0 Å². The van der Waals surface area contributed by atoms with Crippen molar-refractivity contribution in [3.63, 3.8) is 0 Å². The van der Waals surface area contributed by atoms with E-state index in [1.165, 1.54) is 0 Å². The van der Waals surface area contributed by atoms with E-state index in [0.717, 1.165) is 44.9 Å². The first-order chi connectivity index (χ1) is 14.3. The number of carbonyl (C=O) groups excluding carboxylic acids is 2. The van der Waals surface area contributed by atoms with Gasteiger partial charge in [0.25, 0.3) is 0 Å². The SMILES string of the molecule is O=C(C=Cc1c(F)c(F)c(F)c(F)c1F)NC(CO)C(=O)NC1CCCCCCC1. The van der Waals surface area contributed by atoms with Crippen LogP contribution in [-0.2, 0) is 9.59 Å². The zero-order valence-corrected chi connectivity index (χ0v) is 16.1. The maximum absolute atomic E-state index is 13.6. The normalized spacial score (nSPS) is 16.7. The van der Waals surface area contributed by atoms with Crippen LogP contribution in [0, 0.1) is 29.1 Å². The summed E-state index contributed by atoms with van der Waals surface area (Å²) in [5.74, 6) is -12.4. The molecule has 0 aliphatic heterocycles. The maximum Gasteiger partial charge on any atom is 0.245 e. The van der Waals surface area contributed by atoms with Gasteiger partial charge in [-0.05, 0) is 18.9 Å². The Bertz CT molecular complexity index is 779. The summed E-state index contributed by atoms with van der Waals surface area (Å²) in [6, 6.07) is -1.42. The fourth-order valence-corrected chi connectivity index (χ4v) is 3.24. The molecule has 0 radical (unpaired) electrons. The molecule has 0 aromatic heterocycles. The van der Waals surface area contributed by atoms with Gasteiger partial charge in [-0.2, -0.15) is 0 Å². The molecule has 1 atom stereocenters. The van der Waals surface area contributed by atoms with E-state index < -0.39 is 59.1 Å². The predicted molar refractivity (Wildman–Crippen MR) is 98.5 cm³/mol. The number of hydrogen-bond donors (Lipinski definition) is 3. The van der Waals surface area contributed by atoms with Crippen LogP contribution in [0.5, 0.6) is 0 Å². The lowest BCUT2D eigenvalue weighted by atomic mass is 9.96. The van der Waals surface area contributed by atoms with Crippen molar-refractivity contribution < 1.29 is 36.6 Å². The van der Waals surface area contributed by atoms with Crippen LogP contribution in [0.1, 0.15) is 50.5 Å². The van der Waals surface area contributed by atoms with Crippen LogP contribution in [0.2, 0.25) is 0 Å². The molecule has 1 aromatic rings. The second-order valence-corrected chi connectivity index (χ2v) is 7.11. The van der Waals surface area contributed by atoms with Gasteiger partial charge in [0.05, 0.1) is 12.2 Å². The summed E-state index contributed by atoms with van der Waals surface area (Å²) in [6.07, 6.45) is 7.65. The summed E-state index contributed by atoms with van der Waals surface area (Å²) in [5.41, 5.74) is -1.29. The summed E-state index contributed by atoms with van der Waals surface area (Å²) in [5, 5.41) is 14.3. The standard InChI is InChI=1S/C20H23F5N2O3/c21-15-12(16(22)18(24)19(25)17(15)23)8-9-14(29)27-13(10-28)20(30)26-11-6-4-2-1-3-5-7-11/h8-9,11,13,28H,1-7,10H2,(H,26,30)(H,27,29). The topological polar surface area (TPSA) is 78.4 Å². The molecule has 5 nitrogen and oxygen atoms in total. The van der Waals surface area contributed by atoms with Crippen molar-refractivity contribution >= 4 is 17.9 Å². The first-order valence-corrected chi connectivity index (χ1v) is 9.67. The lowest BCUT2D eigenvalue weighted by molar-refractivity contribution is -0.128. The lowest BCUT2D eigenvalue weighted by Gasteiger charge is -2.23. The molecule has 10 heteroatoms. The van der Waals surface area contributed by atoms with Gasteiger partial charge in [0.2, 0.25) is 17.6 Å². The average molecular weight is 434 g/mol. The first-order valence-electron chi connectivity index (χ1n) is 9.67. The molecule has 1 fully saturated rings. The molecule has 1 saturated carbocycles. The van der Waals surface area contributed by atoms with Gasteiger partial charge < -0.3 is 15.7 Å². The van der Waals surface area contributed by atoms with E-state index in [4.69, 9.17) is 0 Å². The molecule has 0 heterocycles. The number of aliphatic hydroxyl groups excluding tert-OH is 1. The van der Waals surface area contributed by atoms with Crippen molar-refractivity contribution in [3.8, 4) is 0 Å². The summed E-state index contributed by atoms with van der Waals surface area (Å²) in [4.78, 5) is 24.3. The zero-order chi connectivity index (χ0) is 22.3. The average Bonchev–Trinajstić information content (AvgIpc) is 2.70. The Balaban J connectivity index is 2.02. The predicted octanol–water partition coefficient (Wildman–Crippen LogP) is 3.10. The Morgan fingerprint density at radius 3 is 1.93 bits per heavy atom. The highest BCUT2D eigenvalue weighted by Crippen LogP contribution is 2.24. The van der Waals surface area contributed by atoms with Gasteiger partial charge in [0, 0.05) is 12.1 Å². The van der Waals surface area contributed by atoms with Crippen LogP contribution in [0.4, 0.5) is 22.0 Å². The number of hydrogen-bond acceptors (Lipinski definition) is 3. The molecule has 0 spiro atoms. The quantitative estimate of drug-likeness (QED) is 0.279. The minimum Gasteiger partial charge on any atom is -0.394 e. The molecule has 0 saturated heterocycles. The smallest absolute Gasteiger partial charge is 0.245 e. The minimum absolute atomic E-state index is 0.0901. The molecular weight excluding hydrogens is 411 g/mol. The van der Waals surface area contributed by atoms with Gasteiger partial charge in [0.1, 0.15) is 6.04 Å². The molecule has 166 valence electrons. The summed E-state index contributed by atoms with van der Waals surface area (Å²) in [6.45, 7) is -0.735. The van der Waals surface area contributed by atoms with Crippen molar-refractivity contribution in [1.82, 2.24) is 10.6 Å². The van der Waals surface area contributed by atoms with Crippen LogP contribution in [-0.4, -0.2) is 35.6 Å². The van der Waals surface area contributed by atoms with E-state index in [1.54, 1.807) is 0 Å². The summed E-state index contributed by atoms with van der Waals surface area (Å²) < 4.78 is 66.7. The number of rotatable bonds is 6. The van der Waals surface area contributed by atoms with Gasteiger partial charge in [-0.3, -0.25) is 9.59 Å². The highest BCUT2D eigenvalue weighted by molar-refractivity contribution is 5.95. The molecule has 1 unspecified atom stereocenters. The van der Waals surface area contributed by atoms with E-state index in [-0.39, 0.29) is 6.04 Å².